The molecule has 3 aromatic heterocycles. The quantitative estimate of drug-likeness (QED) is 0.162. The Morgan fingerprint density at radius 1 is 0.281 bits per heavy atom. The van der Waals surface area contributed by atoms with Gasteiger partial charge in [0.25, 0.3) is 0 Å². The highest BCUT2D eigenvalue weighted by Crippen LogP contribution is 2.52. The van der Waals surface area contributed by atoms with Crippen LogP contribution in [0.25, 0.3) is 89.4 Å². The van der Waals surface area contributed by atoms with Crippen LogP contribution in [0.1, 0.15) is 82.3 Å². The number of aromatic nitrogens is 3. The predicted octanol–water partition coefficient (Wildman–Crippen LogP) is 21.6. The summed E-state index contributed by atoms with van der Waals surface area (Å²) in [4.78, 5) is 14.2. The number of hydrogen-bond acceptors (Lipinski definition) is 5. The zero-order valence-electron chi connectivity index (χ0n) is 49.6. The van der Waals surface area contributed by atoms with E-state index in [0.717, 1.165) is 51.7 Å². The van der Waals surface area contributed by atoms with Gasteiger partial charge in [-0.15, -0.1) is 0 Å². The van der Waals surface area contributed by atoms with Crippen molar-refractivity contribution in [2.75, 3.05) is 0 Å². The van der Waals surface area contributed by atoms with Crippen LogP contribution in [0.2, 0.25) is 0 Å². The van der Waals surface area contributed by atoms with E-state index in [4.69, 9.17) is 9.97 Å². The van der Waals surface area contributed by atoms with Gasteiger partial charge in [-0.2, -0.15) is 0 Å². The Labute approximate surface area is 557 Å². The molecule has 0 saturated heterocycles. The molecule has 0 aliphatic heterocycles. The van der Waals surface area contributed by atoms with E-state index in [1.54, 1.807) is 12.1 Å². The Kier molecular flexibility index (Phi) is 18.4. The van der Waals surface area contributed by atoms with Crippen LogP contribution >= 0.6 is 63.7 Å². The fourth-order valence-electron chi connectivity index (χ4n) is 12.7. The molecule has 10 heteroatoms. The van der Waals surface area contributed by atoms with E-state index < -0.39 is 7.12 Å². The van der Waals surface area contributed by atoms with Crippen LogP contribution in [-0.2, 0) is 16.2 Å². The molecule has 3 heterocycles. The Morgan fingerprint density at radius 2 is 0.584 bits per heavy atom. The second kappa shape index (κ2) is 26.0. The number of rotatable bonds is 6. The lowest BCUT2D eigenvalue weighted by Gasteiger charge is -2.22. The van der Waals surface area contributed by atoms with Crippen LogP contribution in [0.4, 0.5) is 0 Å². The molecule has 15 rings (SSSR count). The lowest BCUT2D eigenvalue weighted by atomic mass is 9.75. The van der Waals surface area contributed by atoms with Crippen LogP contribution in [0.5, 0.6) is 0 Å². The summed E-state index contributed by atoms with van der Waals surface area (Å²) in [5, 5.41) is 18.4. The molecule has 0 spiro atoms. The summed E-state index contributed by atoms with van der Waals surface area (Å²) in [7, 11) is -1.43. The summed E-state index contributed by atoms with van der Waals surface area (Å²) in [5.74, 6) is 0. The molecule has 5 nitrogen and oxygen atoms in total. The lowest BCUT2D eigenvalue weighted by molar-refractivity contribution is 0.426. The van der Waals surface area contributed by atoms with Gasteiger partial charge in [-0.25, -0.2) is 0 Å². The van der Waals surface area contributed by atoms with Gasteiger partial charge in [0, 0.05) is 75.0 Å². The third kappa shape index (κ3) is 12.4. The molecule has 0 amide bonds. The molecule has 0 radical (unpaired) electrons. The first kappa shape index (κ1) is 62.9. The zero-order valence-corrected chi connectivity index (χ0v) is 55.9. The SMILES string of the molecule is C.CC1(C)c2cc(-c3ccccc3-c3ccccc3)ccc2-c2ncc(Br)cc21.CC1(C)c2cc(Br)ccc2-c2ncc(-c3ccccc3-c3ccccc3)cc21.CC1(C)c2cc(Br)ccc2-c2ncc(Br)cc21.OB(O)c1ccccc1-c1ccccc1. The van der Waals surface area contributed by atoms with Gasteiger partial charge in [0.05, 0.1) is 17.1 Å². The van der Waals surface area contributed by atoms with Crippen molar-refractivity contribution in [3.8, 4) is 89.4 Å². The van der Waals surface area contributed by atoms with E-state index in [1.807, 2.05) is 61.1 Å². The summed E-state index contributed by atoms with van der Waals surface area (Å²) in [6.45, 7) is 13.7. The van der Waals surface area contributed by atoms with Crippen LogP contribution in [0.15, 0.2) is 273 Å². The second-order valence-corrected chi connectivity index (χ2v) is 27.5. The van der Waals surface area contributed by atoms with Crippen molar-refractivity contribution in [3.63, 3.8) is 0 Å². The first-order valence-corrected chi connectivity index (χ1v) is 32.5. The summed E-state index contributed by atoms with van der Waals surface area (Å²) in [5.41, 5.74) is 27.0. The maximum Gasteiger partial charge on any atom is 0.489 e. The summed E-state index contributed by atoms with van der Waals surface area (Å²) >= 11 is 14.3. The molecular weight excluding hydrogens is 1350 g/mol. The average Bonchev–Trinajstić information content (AvgIpc) is 1.63. The van der Waals surface area contributed by atoms with Crippen LogP contribution < -0.4 is 5.46 Å². The van der Waals surface area contributed by atoms with Crippen molar-refractivity contribution in [1.82, 2.24) is 15.0 Å². The maximum absolute atomic E-state index is 9.22. The summed E-state index contributed by atoms with van der Waals surface area (Å²) in [6.07, 6.45) is 5.78. The van der Waals surface area contributed by atoms with Gasteiger partial charge in [0.15, 0.2) is 0 Å². The Morgan fingerprint density at radius 3 is 1.01 bits per heavy atom. The number of benzene rings is 9. The van der Waals surface area contributed by atoms with E-state index in [0.29, 0.717) is 5.46 Å². The van der Waals surface area contributed by atoms with Gasteiger partial charge in [-0.3, -0.25) is 15.0 Å². The molecule has 2 N–H and O–H groups in total. The smallest absolute Gasteiger partial charge is 0.423 e. The van der Waals surface area contributed by atoms with E-state index in [1.165, 1.54) is 89.0 Å². The molecule has 3 aliphatic rings. The van der Waals surface area contributed by atoms with E-state index in [2.05, 4.69) is 292 Å². The molecule has 0 fully saturated rings. The highest BCUT2D eigenvalue weighted by molar-refractivity contribution is 9.11. The number of hydrogen-bond donors (Lipinski definition) is 2. The minimum absolute atomic E-state index is 0. The Hall–Kier alpha value is -7.67. The first-order valence-electron chi connectivity index (χ1n) is 29.3. The first-order chi connectivity index (χ1) is 42.4. The molecule has 12 aromatic rings. The molecule has 0 unspecified atom stereocenters. The van der Waals surface area contributed by atoms with E-state index in [9.17, 15) is 10.0 Å². The number of halogens is 4. The van der Waals surface area contributed by atoms with Gasteiger partial charge in [0.1, 0.15) is 0 Å². The van der Waals surface area contributed by atoms with Gasteiger partial charge >= 0.3 is 7.12 Å². The van der Waals surface area contributed by atoms with E-state index >= 15 is 0 Å². The topological polar surface area (TPSA) is 79.1 Å². The number of pyridine rings is 3. The second-order valence-electron chi connectivity index (χ2n) is 23.9. The van der Waals surface area contributed by atoms with Gasteiger partial charge in [-0.05, 0) is 169 Å². The standard InChI is InChI=1S/2C26H20BrN.C14H11Br2N.C12H11BO2.CH4/c1-26(2)23-15-19(27)12-13-22(23)25-24(26)14-18(16-28-25)21-11-7-6-10-20(21)17-8-4-3-5-9-17;1-26(2)23-14-18(12-13-22(23)25-24(26)15-19(27)16-28-25)21-11-7-6-10-20(21)17-8-4-3-5-9-17;1-14(2)11-5-8(15)3-4-10(11)13-12(14)6-9(16)7-17-13;14-13(15)12-9-5-4-8-11(12)10-6-2-1-3-7-10;/h2*3-16H,1-2H3;3-7H,1-2H3;1-9,14-15H;1H4. The van der Waals surface area contributed by atoms with Crippen LogP contribution in [0, 0.1) is 0 Å². The monoisotopic (exact) mass is 1420 g/mol. The molecular formula is C79H66BBr4N3O2. The van der Waals surface area contributed by atoms with Crippen molar-refractivity contribution in [1.29, 1.82) is 0 Å². The fraction of sp³-hybridized carbons (Fsp3) is 0.127. The Balaban J connectivity index is 0.000000126. The minimum atomic E-state index is -1.43. The highest BCUT2D eigenvalue weighted by Gasteiger charge is 2.39. The lowest BCUT2D eigenvalue weighted by Crippen LogP contribution is -2.31. The van der Waals surface area contributed by atoms with Crippen molar-refractivity contribution in [3.05, 3.63) is 306 Å². The van der Waals surface area contributed by atoms with Crippen molar-refractivity contribution in [2.24, 2.45) is 0 Å². The average molecular weight is 1420 g/mol. The third-order valence-electron chi connectivity index (χ3n) is 17.4. The molecule has 0 saturated carbocycles. The normalized spacial score (nSPS) is 13.3. The molecule has 3 aliphatic carbocycles. The van der Waals surface area contributed by atoms with Crippen LogP contribution in [-0.4, -0.2) is 32.1 Å². The zero-order chi connectivity index (χ0) is 61.5. The highest BCUT2D eigenvalue weighted by atomic mass is 79.9. The minimum Gasteiger partial charge on any atom is -0.423 e. The van der Waals surface area contributed by atoms with Crippen molar-refractivity contribution >= 4 is 76.3 Å². The number of nitrogens with zero attached hydrogens (tertiary/aromatic N) is 3. The van der Waals surface area contributed by atoms with Crippen LogP contribution in [0.3, 0.4) is 0 Å². The van der Waals surface area contributed by atoms with Gasteiger partial charge in [0.2, 0.25) is 0 Å². The third-order valence-corrected chi connectivity index (χ3v) is 19.2. The van der Waals surface area contributed by atoms with Gasteiger partial charge < -0.3 is 10.0 Å². The molecule has 440 valence electrons. The van der Waals surface area contributed by atoms with Crippen molar-refractivity contribution in [2.45, 2.75) is 65.2 Å². The van der Waals surface area contributed by atoms with Gasteiger partial charge in [-0.1, -0.05) is 269 Å². The molecule has 0 bridgehead atoms. The Bertz CT molecular complexity index is 4330. The van der Waals surface area contributed by atoms with E-state index in [-0.39, 0.29) is 23.7 Å². The largest absolute Gasteiger partial charge is 0.489 e. The molecule has 9 aromatic carbocycles. The maximum atomic E-state index is 9.22. The number of fused-ring (bicyclic) bond motifs is 9. The molecule has 0 atom stereocenters. The van der Waals surface area contributed by atoms with Crippen molar-refractivity contribution < 1.29 is 10.0 Å². The summed E-state index contributed by atoms with van der Waals surface area (Å²) < 4.78 is 4.30. The summed E-state index contributed by atoms with van der Waals surface area (Å²) in [6, 6.07) is 81.8. The predicted molar refractivity (Wildman–Crippen MR) is 386 cm³/mol. The molecule has 89 heavy (non-hydrogen) atoms. The fourth-order valence-corrected chi connectivity index (χ4v) is 14.1.